The van der Waals surface area contributed by atoms with Crippen LogP contribution in [0, 0.1) is 16.7 Å². The number of ether oxygens (including phenoxy) is 1. The number of hydrogen-bond donors (Lipinski definition) is 2. The van der Waals surface area contributed by atoms with Crippen LogP contribution in [0.1, 0.15) is 40.0 Å². The Bertz CT molecular complexity index is 537. The molecule has 2 N–H and O–H groups in total. The fourth-order valence-electron chi connectivity index (χ4n) is 2.74. The average Bonchev–Trinajstić information content (AvgIpc) is 3.15. The number of hydrogen-bond acceptors (Lipinski definition) is 4. The predicted octanol–water partition coefficient (Wildman–Crippen LogP) is 3.46. The van der Waals surface area contributed by atoms with E-state index in [-0.39, 0.29) is 17.3 Å². The summed E-state index contributed by atoms with van der Waals surface area (Å²) in [4.78, 5) is 16.3. The van der Waals surface area contributed by atoms with Gasteiger partial charge in [0.05, 0.1) is 6.04 Å². The van der Waals surface area contributed by atoms with Gasteiger partial charge in [-0.25, -0.2) is 4.79 Å². The maximum Gasteiger partial charge on any atom is 0.410 e. The van der Waals surface area contributed by atoms with Crippen molar-refractivity contribution >= 4 is 28.7 Å². The fourth-order valence-corrected chi connectivity index (χ4v) is 2.81. The molecule has 134 valence electrons. The Hall–Kier alpha value is -1.56. The van der Waals surface area contributed by atoms with Crippen molar-refractivity contribution in [3.8, 4) is 0 Å². The van der Waals surface area contributed by atoms with E-state index in [1.165, 1.54) is 25.0 Å². The molecule has 0 radical (unpaired) electrons. The topological polar surface area (TPSA) is 80.5 Å². The van der Waals surface area contributed by atoms with Crippen LogP contribution >= 0.6 is 11.6 Å². The molecular weight excluding hydrogens is 328 g/mol. The number of amidine groups is 1. The Morgan fingerprint density at radius 1 is 1.29 bits per heavy atom. The SMILES string of the molecule is CC(C)(C)OC(=O)N(CC1CC1)[C@@H]1CCN(C(=N)/C=C\C(=N)Cl)C1. The van der Waals surface area contributed by atoms with E-state index in [9.17, 15) is 4.79 Å². The van der Waals surface area contributed by atoms with Crippen LogP contribution in [-0.2, 0) is 4.74 Å². The third-order valence-corrected chi connectivity index (χ3v) is 4.24. The monoisotopic (exact) mass is 354 g/mol. The number of nitrogens with zero attached hydrogens (tertiary/aromatic N) is 2. The Morgan fingerprint density at radius 3 is 2.50 bits per heavy atom. The highest BCUT2D eigenvalue weighted by molar-refractivity contribution is 6.67. The van der Waals surface area contributed by atoms with Crippen molar-refractivity contribution in [3.63, 3.8) is 0 Å². The van der Waals surface area contributed by atoms with E-state index >= 15 is 0 Å². The van der Waals surface area contributed by atoms with E-state index in [2.05, 4.69) is 0 Å². The van der Waals surface area contributed by atoms with Crippen LogP contribution < -0.4 is 0 Å². The molecule has 24 heavy (non-hydrogen) atoms. The maximum atomic E-state index is 12.6. The van der Waals surface area contributed by atoms with Gasteiger partial charge in [-0.15, -0.1) is 0 Å². The summed E-state index contributed by atoms with van der Waals surface area (Å²) >= 11 is 5.49. The highest BCUT2D eigenvalue weighted by atomic mass is 35.5. The van der Waals surface area contributed by atoms with E-state index in [4.69, 9.17) is 27.2 Å². The van der Waals surface area contributed by atoms with Crippen LogP contribution in [0.15, 0.2) is 12.2 Å². The Balaban J connectivity index is 1.99. The number of rotatable bonds is 5. The molecular formula is C17H27ClN4O2. The molecule has 2 fully saturated rings. The summed E-state index contributed by atoms with van der Waals surface area (Å²) in [7, 11) is 0. The molecule has 1 atom stereocenters. The number of likely N-dealkylation sites (tertiary alicyclic amines) is 1. The summed E-state index contributed by atoms with van der Waals surface area (Å²) in [6, 6.07) is 0.0599. The number of allylic oxidation sites excluding steroid dienone is 1. The number of amides is 1. The third kappa shape index (κ3) is 5.82. The molecule has 0 spiro atoms. The second-order valence-corrected chi connectivity index (χ2v) is 7.94. The lowest BCUT2D eigenvalue weighted by Crippen LogP contribution is -2.46. The lowest BCUT2D eigenvalue weighted by Gasteiger charge is -2.31. The van der Waals surface area contributed by atoms with E-state index in [0.717, 1.165) is 13.0 Å². The van der Waals surface area contributed by atoms with Crippen molar-refractivity contribution in [2.24, 2.45) is 5.92 Å². The highest BCUT2D eigenvalue weighted by Gasteiger charge is 2.37. The summed E-state index contributed by atoms with van der Waals surface area (Å²) < 4.78 is 5.57. The third-order valence-electron chi connectivity index (χ3n) is 4.11. The summed E-state index contributed by atoms with van der Waals surface area (Å²) in [5, 5.41) is 15.2. The van der Waals surface area contributed by atoms with Crippen LogP contribution in [0.4, 0.5) is 4.79 Å². The van der Waals surface area contributed by atoms with E-state index in [0.29, 0.717) is 24.8 Å². The lowest BCUT2D eigenvalue weighted by atomic mass is 10.2. The van der Waals surface area contributed by atoms with Crippen molar-refractivity contribution < 1.29 is 9.53 Å². The first kappa shape index (κ1) is 18.8. The number of carbonyl (C=O) groups is 1. The minimum atomic E-state index is -0.507. The molecule has 7 heteroatoms. The largest absolute Gasteiger partial charge is 0.444 e. The van der Waals surface area contributed by atoms with Gasteiger partial charge in [-0.05, 0) is 58.1 Å². The summed E-state index contributed by atoms with van der Waals surface area (Å²) in [6.07, 6.45) is 5.83. The molecule has 1 aliphatic carbocycles. The smallest absolute Gasteiger partial charge is 0.410 e. The molecule has 1 amide bonds. The lowest BCUT2D eigenvalue weighted by molar-refractivity contribution is 0.0161. The summed E-state index contributed by atoms with van der Waals surface area (Å²) in [5.74, 6) is 0.904. The molecule has 1 aliphatic heterocycles. The molecule has 0 aromatic heterocycles. The minimum Gasteiger partial charge on any atom is -0.444 e. The van der Waals surface area contributed by atoms with Crippen LogP contribution in [-0.4, -0.2) is 58.2 Å². The van der Waals surface area contributed by atoms with Gasteiger partial charge in [-0.1, -0.05) is 11.6 Å². The molecule has 1 saturated carbocycles. The van der Waals surface area contributed by atoms with Crippen molar-refractivity contribution in [1.29, 1.82) is 10.8 Å². The van der Waals surface area contributed by atoms with Crippen LogP contribution in [0.3, 0.4) is 0 Å². The van der Waals surface area contributed by atoms with E-state index in [1.807, 2.05) is 30.6 Å². The Morgan fingerprint density at radius 2 is 1.96 bits per heavy atom. The van der Waals surface area contributed by atoms with Crippen molar-refractivity contribution in [2.75, 3.05) is 19.6 Å². The first-order valence-electron chi connectivity index (χ1n) is 8.41. The predicted molar refractivity (Wildman–Crippen MR) is 96.1 cm³/mol. The van der Waals surface area contributed by atoms with Gasteiger partial charge in [0.25, 0.3) is 0 Å². The van der Waals surface area contributed by atoms with Crippen molar-refractivity contribution in [2.45, 2.75) is 51.7 Å². The van der Waals surface area contributed by atoms with Crippen LogP contribution in [0.2, 0.25) is 0 Å². The second kappa shape index (κ2) is 7.55. The minimum absolute atomic E-state index is 0.0599. The first-order valence-corrected chi connectivity index (χ1v) is 8.79. The quantitative estimate of drug-likeness (QED) is 0.586. The van der Waals surface area contributed by atoms with Crippen molar-refractivity contribution in [1.82, 2.24) is 9.80 Å². The molecule has 0 unspecified atom stereocenters. The van der Waals surface area contributed by atoms with Gasteiger partial charge in [-0.3, -0.25) is 10.8 Å². The van der Waals surface area contributed by atoms with Crippen molar-refractivity contribution in [3.05, 3.63) is 12.2 Å². The van der Waals surface area contributed by atoms with E-state index in [1.54, 1.807) is 0 Å². The molecule has 0 aromatic rings. The average molecular weight is 355 g/mol. The molecule has 2 aliphatic rings. The zero-order chi connectivity index (χ0) is 17.9. The highest BCUT2D eigenvalue weighted by Crippen LogP contribution is 2.32. The molecule has 1 saturated heterocycles. The first-order chi connectivity index (χ1) is 11.2. The summed E-state index contributed by atoms with van der Waals surface area (Å²) in [6.45, 7) is 7.70. The standard InChI is InChI=1S/C17H27ClN4O2/c1-17(2,3)24-16(23)22(10-12-4-5-12)13-8-9-21(11-13)15(20)7-6-14(18)19/h6-7,12-13,19-20H,4-5,8-11H2,1-3H3/b7-6-,19-14?,20-15?/t13-/m1/s1. The van der Waals surface area contributed by atoms with Gasteiger partial charge in [-0.2, -0.15) is 0 Å². The zero-order valence-electron chi connectivity index (χ0n) is 14.6. The Kier molecular flexibility index (Phi) is 5.91. The normalized spacial score (nSPS) is 21.2. The molecule has 0 aromatic carbocycles. The molecule has 2 rings (SSSR count). The van der Waals surface area contributed by atoms with Gasteiger partial charge < -0.3 is 14.5 Å². The maximum absolute atomic E-state index is 12.6. The number of halogens is 1. The van der Waals surface area contributed by atoms with Gasteiger partial charge in [0.15, 0.2) is 0 Å². The van der Waals surface area contributed by atoms with Gasteiger partial charge in [0.1, 0.15) is 16.6 Å². The van der Waals surface area contributed by atoms with Crippen LogP contribution in [0.25, 0.3) is 0 Å². The fraction of sp³-hybridized carbons (Fsp3) is 0.706. The Labute approximate surface area is 148 Å². The molecule has 6 nitrogen and oxygen atoms in total. The van der Waals surface area contributed by atoms with Gasteiger partial charge >= 0.3 is 6.09 Å². The number of nitrogens with one attached hydrogen (secondary N) is 2. The molecule has 1 heterocycles. The van der Waals surface area contributed by atoms with Gasteiger partial charge in [0.2, 0.25) is 0 Å². The zero-order valence-corrected chi connectivity index (χ0v) is 15.4. The van der Waals surface area contributed by atoms with Crippen LogP contribution in [0.5, 0.6) is 0 Å². The second-order valence-electron chi connectivity index (χ2n) is 7.53. The number of carbonyl (C=O) groups excluding carboxylic acids is 1. The van der Waals surface area contributed by atoms with Gasteiger partial charge in [0, 0.05) is 19.6 Å². The van der Waals surface area contributed by atoms with E-state index < -0.39 is 5.60 Å². The summed E-state index contributed by atoms with van der Waals surface area (Å²) in [5.41, 5.74) is -0.507. The molecule has 0 bridgehead atoms.